The summed E-state index contributed by atoms with van der Waals surface area (Å²) in [7, 11) is 0. The van der Waals surface area contributed by atoms with Gasteiger partial charge in [0.25, 0.3) is 11.1 Å². The molecule has 4 aromatic rings. The number of fused-ring (bicyclic) bond motifs is 1. The molecule has 0 aromatic heterocycles. The Labute approximate surface area is 205 Å². The Bertz CT molecular complexity index is 1380. The van der Waals surface area contributed by atoms with Crippen LogP contribution in [0.3, 0.4) is 0 Å². The molecular weight excluding hydrogens is 470 g/mol. The highest BCUT2D eigenvalue weighted by atomic mass is 35.5. The zero-order valence-corrected chi connectivity index (χ0v) is 19.8. The van der Waals surface area contributed by atoms with Crippen LogP contribution in [0, 0.1) is 0 Å². The van der Waals surface area contributed by atoms with Gasteiger partial charge >= 0.3 is 0 Å². The van der Waals surface area contributed by atoms with Crippen LogP contribution >= 0.6 is 35.1 Å². The largest absolute Gasteiger partial charge is 0.293 e. The van der Waals surface area contributed by atoms with Crippen LogP contribution in [0.25, 0.3) is 16.8 Å². The molecular formula is C27H18ClNO2S2. The molecule has 0 saturated carbocycles. The molecule has 6 heteroatoms. The molecule has 162 valence electrons. The lowest BCUT2D eigenvalue weighted by molar-refractivity contribution is -0.123. The first-order valence-corrected chi connectivity index (χ1v) is 12.3. The first kappa shape index (κ1) is 21.8. The van der Waals surface area contributed by atoms with Crippen LogP contribution in [0.15, 0.2) is 106 Å². The summed E-state index contributed by atoms with van der Waals surface area (Å²) in [4.78, 5) is 29.6. The van der Waals surface area contributed by atoms with Gasteiger partial charge in [0.2, 0.25) is 0 Å². The van der Waals surface area contributed by atoms with Crippen LogP contribution in [-0.4, -0.2) is 16.0 Å². The Kier molecular flexibility index (Phi) is 6.27. The average Bonchev–Trinajstić information content (AvgIpc) is 3.09. The maximum absolute atomic E-state index is 13.0. The third-order valence-electron chi connectivity index (χ3n) is 5.31. The van der Waals surface area contributed by atoms with Crippen molar-refractivity contribution in [3.05, 3.63) is 112 Å². The van der Waals surface area contributed by atoms with Crippen LogP contribution in [0.4, 0.5) is 4.79 Å². The van der Waals surface area contributed by atoms with Crippen molar-refractivity contribution in [1.82, 2.24) is 4.90 Å². The van der Waals surface area contributed by atoms with Crippen molar-refractivity contribution in [3.63, 3.8) is 0 Å². The number of amides is 2. The molecule has 33 heavy (non-hydrogen) atoms. The summed E-state index contributed by atoms with van der Waals surface area (Å²) in [6.07, 6.45) is 1.78. The van der Waals surface area contributed by atoms with Gasteiger partial charge < -0.3 is 0 Å². The average molecular weight is 488 g/mol. The predicted molar refractivity (Wildman–Crippen MR) is 137 cm³/mol. The van der Waals surface area contributed by atoms with E-state index in [1.165, 1.54) is 4.90 Å². The fraction of sp³-hybridized carbons (Fsp3) is 0.0370. The van der Waals surface area contributed by atoms with Gasteiger partial charge in [0.1, 0.15) is 0 Å². The lowest BCUT2D eigenvalue weighted by atomic mass is 10.0. The van der Waals surface area contributed by atoms with E-state index in [1.54, 1.807) is 17.8 Å². The molecule has 1 aliphatic rings. The Morgan fingerprint density at radius 3 is 2.24 bits per heavy atom. The third kappa shape index (κ3) is 4.86. The van der Waals surface area contributed by atoms with Crippen molar-refractivity contribution in [2.45, 2.75) is 16.3 Å². The van der Waals surface area contributed by atoms with Gasteiger partial charge in [-0.1, -0.05) is 78.0 Å². The minimum absolute atomic E-state index is 0.242. The second-order valence-corrected chi connectivity index (χ2v) is 10.1. The molecule has 0 atom stereocenters. The van der Waals surface area contributed by atoms with Gasteiger partial charge in [0, 0.05) is 14.8 Å². The van der Waals surface area contributed by atoms with E-state index < -0.39 is 0 Å². The minimum atomic E-state index is -0.252. The molecule has 2 amide bonds. The Morgan fingerprint density at radius 1 is 0.818 bits per heavy atom. The third-order valence-corrected chi connectivity index (χ3v) is 7.48. The summed E-state index contributed by atoms with van der Waals surface area (Å²) >= 11 is 8.57. The van der Waals surface area contributed by atoms with E-state index in [1.807, 2.05) is 91.0 Å². The van der Waals surface area contributed by atoms with Crippen molar-refractivity contribution in [1.29, 1.82) is 0 Å². The first-order chi connectivity index (χ1) is 16.1. The normalized spacial score (nSPS) is 15.1. The molecule has 1 heterocycles. The SMILES string of the molecule is O=C1S/C(=C/c2ccc(Sc3ccc(Cl)cc3)cc2)C(=O)N1Cc1cccc2ccccc12. The highest BCUT2D eigenvalue weighted by Gasteiger charge is 2.35. The standard InChI is InChI=1S/C27H18ClNO2S2/c28-21-10-14-23(15-11-21)32-22-12-8-18(9-13-22)16-25-26(30)29(27(31)33-25)17-20-6-3-5-19-4-1-2-7-24(19)20/h1-16H,17H2/b25-16+. The quantitative estimate of drug-likeness (QED) is 0.268. The summed E-state index contributed by atoms with van der Waals surface area (Å²) in [6.45, 7) is 0.264. The van der Waals surface area contributed by atoms with Gasteiger partial charge in [0.05, 0.1) is 11.4 Å². The van der Waals surface area contributed by atoms with E-state index in [0.29, 0.717) is 9.93 Å². The fourth-order valence-corrected chi connectivity index (χ4v) is 5.44. The molecule has 5 rings (SSSR count). The van der Waals surface area contributed by atoms with Gasteiger partial charge in [-0.2, -0.15) is 0 Å². The van der Waals surface area contributed by atoms with Gasteiger partial charge in [-0.05, 0) is 76.1 Å². The van der Waals surface area contributed by atoms with E-state index >= 15 is 0 Å². The van der Waals surface area contributed by atoms with Crippen LogP contribution in [-0.2, 0) is 11.3 Å². The van der Waals surface area contributed by atoms with Gasteiger partial charge in [-0.25, -0.2) is 0 Å². The summed E-state index contributed by atoms with van der Waals surface area (Å²) < 4.78 is 0. The molecule has 1 aliphatic heterocycles. The van der Waals surface area contributed by atoms with Crippen molar-refractivity contribution < 1.29 is 9.59 Å². The Hall–Kier alpha value is -2.99. The summed E-state index contributed by atoms with van der Waals surface area (Å²) in [5.74, 6) is -0.252. The maximum Gasteiger partial charge on any atom is 0.293 e. The maximum atomic E-state index is 13.0. The second-order valence-electron chi connectivity index (χ2n) is 7.53. The highest BCUT2D eigenvalue weighted by molar-refractivity contribution is 8.18. The van der Waals surface area contributed by atoms with Crippen molar-refractivity contribution >= 4 is 63.1 Å². The molecule has 0 spiro atoms. The monoisotopic (exact) mass is 487 g/mol. The fourth-order valence-electron chi connectivity index (χ4n) is 3.66. The summed E-state index contributed by atoms with van der Waals surface area (Å²) in [5, 5.41) is 2.61. The topological polar surface area (TPSA) is 37.4 Å². The number of thioether (sulfide) groups is 1. The first-order valence-electron chi connectivity index (χ1n) is 10.3. The Balaban J connectivity index is 1.32. The number of nitrogens with zero attached hydrogens (tertiary/aromatic N) is 1. The van der Waals surface area contributed by atoms with Crippen molar-refractivity contribution in [3.8, 4) is 0 Å². The highest BCUT2D eigenvalue weighted by Crippen LogP contribution is 2.35. The summed E-state index contributed by atoms with van der Waals surface area (Å²) in [6, 6.07) is 29.6. The van der Waals surface area contributed by atoms with Gasteiger partial charge in [-0.3, -0.25) is 14.5 Å². The lowest BCUT2D eigenvalue weighted by Gasteiger charge is -2.14. The molecule has 0 bridgehead atoms. The molecule has 4 aromatic carbocycles. The van der Waals surface area contributed by atoms with E-state index in [0.717, 1.165) is 43.5 Å². The number of carbonyl (C=O) groups is 2. The van der Waals surface area contributed by atoms with Crippen molar-refractivity contribution in [2.24, 2.45) is 0 Å². The predicted octanol–water partition coefficient (Wildman–Crippen LogP) is 7.88. The minimum Gasteiger partial charge on any atom is -0.268 e. The molecule has 1 fully saturated rings. The number of hydrogen-bond donors (Lipinski definition) is 0. The number of rotatable bonds is 5. The van der Waals surface area contributed by atoms with Gasteiger partial charge in [-0.15, -0.1) is 0 Å². The van der Waals surface area contributed by atoms with E-state index in [9.17, 15) is 9.59 Å². The number of carbonyl (C=O) groups excluding carboxylic acids is 2. The molecule has 0 aliphatic carbocycles. The van der Waals surface area contributed by atoms with Crippen LogP contribution < -0.4 is 0 Å². The zero-order valence-electron chi connectivity index (χ0n) is 17.4. The number of imide groups is 1. The lowest BCUT2D eigenvalue weighted by Crippen LogP contribution is -2.27. The van der Waals surface area contributed by atoms with Crippen molar-refractivity contribution in [2.75, 3.05) is 0 Å². The van der Waals surface area contributed by atoms with E-state index in [2.05, 4.69) is 0 Å². The zero-order chi connectivity index (χ0) is 22.8. The molecule has 0 unspecified atom stereocenters. The van der Waals surface area contributed by atoms with E-state index in [-0.39, 0.29) is 17.7 Å². The number of halogens is 1. The number of benzene rings is 4. The smallest absolute Gasteiger partial charge is 0.268 e. The van der Waals surface area contributed by atoms with E-state index in [4.69, 9.17) is 11.6 Å². The Morgan fingerprint density at radius 2 is 1.48 bits per heavy atom. The van der Waals surface area contributed by atoms with Crippen LogP contribution in [0.2, 0.25) is 5.02 Å². The second kappa shape index (κ2) is 9.48. The molecule has 0 N–H and O–H groups in total. The van der Waals surface area contributed by atoms with Gasteiger partial charge in [0.15, 0.2) is 0 Å². The summed E-state index contributed by atoms with van der Waals surface area (Å²) in [5.41, 5.74) is 1.84. The van der Waals surface area contributed by atoms with Crippen LogP contribution in [0.5, 0.6) is 0 Å². The molecule has 3 nitrogen and oxygen atoms in total. The molecule has 1 saturated heterocycles. The molecule has 0 radical (unpaired) electrons. The van der Waals surface area contributed by atoms with Crippen LogP contribution in [0.1, 0.15) is 11.1 Å². The number of hydrogen-bond acceptors (Lipinski definition) is 4.